The molecule has 0 radical (unpaired) electrons. The molecular formula is C16H32N2O3. The smallest absolute Gasteiger partial charge is 0.216 e. The van der Waals surface area contributed by atoms with Gasteiger partial charge in [-0.3, -0.25) is 9.69 Å². The van der Waals surface area contributed by atoms with E-state index in [0.29, 0.717) is 6.54 Å². The summed E-state index contributed by atoms with van der Waals surface area (Å²) in [6, 6.07) is 0. The van der Waals surface area contributed by atoms with Crippen LogP contribution in [0.15, 0.2) is 0 Å². The number of ether oxygens (including phenoxy) is 2. The Balaban J connectivity index is 2.02. The first-order valence-electron chi connectivity index (χ1n) is 8.28. The second-order valence-corrected chi connectivity index (χ2v) is 6.00. The van der Waals surface area contributed by atoms with E-state index in [1.807, 2.05) is 0 Å². The summed E-state index contributed by atoms with van der Waals surface area (Å²) in [5.74, 6) is 0.808. The third-order valence-electron chi connectivity index (χ3n) is 4.04. The van der Waals surface area contributed by atoms with E-state index in [4.69, 9.17) is 9.47 Å². The monoisotopic (exact) mass is 300 g/mol. The maximum Gasteiger partial charge on any atom is 0.216 e. The number of nitrogens with one attached hydrogen (secondary N) is 1. The molecule has 0 aliphatic carbocycles. The van der Waals surface area contributed by atoms with Gasteiger partial charge in [-0.25, -0.2) is 0 Å². The molecule has 1 amide bonds. The van der Waals surface area contributed by atoms with Gasteiger partial charge in [0, 0.05) is 39.7 Å². The zero-order chi connectivity index (χ0) is 15.5. The summed E-state index contributed by atoms with van der Waals surface area (Å²) >= 11 is 0. The minimum Gasteiger partial charge on any atom is -0.380 e. The Labute approximate surface area is 129 Å². The molecule has 0 bridgehead atoms. The van der Waals surface area contributed by atoms with Crippen molar-refractivity contribution in [3.63, 3.8) is 0 Å². The van der Waals surface area contributed by atoms with Crippen molar-refractivity contribution < 1.29 is 14.3 Å². The summed E-state index contributed by atoms with van der Waals surface area (Å²) in [4.78, 5) is 13.3. The number of amides is 1. The van der Waals surface area contributed by atoms with Crippen molar-refractivity contribution >= 4 is 5.91 Å². The standard InChI is InChI=1S/C16H32N2O3/c1-4-14(2)6-5-9-20-10-7-18-8-11-21-16(13-18)12-17-15(3)19/h14,16H,4-13H2,1-3H3,(H,17,19). The first kappa shape index (κ1) is 18.4. The number of hydrogen-bond donors (Lipinski definition) is 1. The summed E-state index contributed by atoms with van der Waals surface area (Å²) in [6.45, 7) is 11.8. The van der Waals surface area contributed by atoms with Crippen LogP contribution in [0.25, 0.3) is 0 Å². The fraction of sp³-hybridized carbons (Fsp3) is 0.938. The van der Waals surface area contributed by atoms with Crippen LogP contribution in [0.2, 0.25) is 0 Å². The van der Waals surface area contributed by atoms with Crippen LogP contribution < -0.4 is 5.32 Å². The fourth-order valence-corrected chi connectivity index (χ4v) is 2.40. The normalized spacial score (nSPS) is 21.2. The van der Waals surface area contributed by atoms with Crippen LogP contribution in [-0.2, 0) is 14.3 Å². The molecule has 1 aliphatic rings. The van der Waals surface area contributed by atoms with E-state index < -0.39 is 0 Å². The van der Waals surface area contributed by atoms with Crippen molar-refractivity contribution in [3.8, 4) is 0 Å². The van der Waals surface area contributed by atoms with Gasteiger partial charge < -0.3 is 14.8 Å². The highest BCUT2D eigenvalue weighted by molar-refractivity contribution is 5.72. The second-order valence-electron chi connectivity index (χ2n) is 6.00. The molecule has 5 nitrogen and oxygen atoms in total. The molecule has 2 unspecified atom stereocenters. The average Bonchev–Trinajstić information content (AvgIpc) is 2.48. The molecule has 1 heterocycles. The minimum atomic E-state index is 0.000337. The topological polar surface area (TPSA) is 50.8 Å². The van der Waals surface area contributed by atoms with E-state index in [1.54, 1.807) is 0 Å². The van der Waals surface area contributed by atoms with E-state index in [1.165, 1.54) is 19.8 Å². The first-order valence-corrected chi connectivity index (χ1v) is 8.28. The Morgan fingerprint density at radius 3 is 3.00 bits per heavy atom. The molecule has 0 spiro atoms. The van der Waals surface area contributed by atoms with Crippen LogP contribution >= 0.6 is 0 Å². The largest absolute Gasteiger partial charge is 0.380 e. The molecule has 2 atom stereocenters. The van der Waals surface area contributed by atoms with Crippen molar-refractivity contribution in [2.75, 3.05) is 46.0 Å². The highest BCUT2D eigenvalue weighted by atomic mass is 16.5. The maximum atomic E-state index is 10.9. The van der Waals surface area contributed by atoms with Crippen LogP contribution in [0.3, 0.4) is 0 Å². The van der Waals surface area contributed by atoms with Gasteiger partial charge in [0.05, 0.1) is 19.3 Å². The highest BCUT2D eigenvalue weighted by Crippen LogP contribution is 2.09. The van der Waals surface area contributed by atoms with E-state index >= 15 is 0 Å². The molecular weight excluding hydrogens is 268 g/mol. The Bertz CT molecular complexity index is 287. The Morgan fingerprint density at radius 1 is 1.48 bits per heavy atom. The quantitative estimate of drug-likeness (QED) is 0.624. The summed E-state index contributed by atoms with van der Waals surface area (Å²) < 4.78 is 11.4. The molecule has 5 heteroatoms. The van der Waals surface area contributed by atoms with Gasteiger partial charge in [0.2, 0.25) is 5.91 Å². The third-order valence-corrected chi connectivity index (χ3v) is 4.04. The molecule has 0 aromatic rings. The lowest BCUT2D eigenvalue weighted by Gasteiger charge is -2.32. The molecule has 21 heavy (non-hydrogen) atoms. The predicted molar refractivity (Wildman–Crippen MR) is 84.4 cm³/mol. The summed E-state index contributed by atoms with van der Waals surface area (Å²) in [7, 11) is 0. The summed E-state index contributed by atoms with van der Waals surface area (Å²) in [5, 5.41) is 2.81. The van der Waals surface area contributed by atoms with Gasteiger partial charge in [-0.05, 0) is 18.8 Å². The van der Waals surface area contributed by atoms with Crippen molar-refractivity contribution in [3.05, 3.63) is 0 Å². The van der Waals surface area contributed by atoms with Crippen LogP contribution in [-0.4, -0.2) is 62.9 Å². The lowest BCUT2D eigenvalue weighted by molar-refractivity contribution is -0.120. The second kappa shape index (κ2) is 11.0. The molecule has 0 aromatic carbocycles. The molecule has 1 rings (SSSR count). The molecule has 0 saturated carbocycles. The van der Waals surface area contributed by atoms with E-state index in [9.17, 15) is 4.79 Å². The summed E-state index contributed by atoms with van der Waals surface area (Å²) in [5.41, 5.74) is 0. The summed E-state index contributed by atoms with van der Waals surface area (Å²) in [6.07, 6.45) is 3.77. The highest BCUT2D eigenvalue weighted by Gasteiger charge is 2.20. The van der Waals surface area contributed by atoms with Gasteiger partial charge in [-0.2, -0.15) is 0 Å². The van der Waals surface area contributed by atoms with Crippen molar-refractivity contribution in [1.82, 2.24) is 10.2 Å². The van der Waals surface area contributed by atoms with E-state index in [0.717, 1.165) is 51.8 Å². The van der Waals surface area contributed by atoms with Crippen LogP contribution in [0.5, 0.6) is 0 Å². The van der Waals surface area contributed by atoms with Gasteiger partial charge in [0.1, 0.15) is 0 Å². The SMILES string of the molecule is CCC(C)CCCOCCN1CCOC(CNC(C)=O)C1. The van der Waals surface area contributed by atoms with Gasteiger partial charge >= 0.3 is 0 Å². The van der Waals surface area contributed by atoms with Crippen LogP contribution in [0, 0.1) is 5.92 Å². The number of hydrogen-bond acceptors (Lipinski definition) is 4. The van der Waals surface area contributed by atoms with Gasteiger partial charge in [0.15, 0.2) is 0 Å². The van der Waals surface area contributed by atoms with Crippen LogP contribution in [0.4, 0.5) is 0 Å². The number of morpholine rings is 1. The number of rotatable bonds is 10. The Morgan fingerprint density at radius 2 is 2.29 bits per heavy atom. The third kappa shape index (κ3) is 9.06. The van der Waals surface area contributed by atoms with Gasteiger partial charge in [0.25, 0.3) is 0 Å². The molecule has 1 aliphatic heterocycles. The lowest BCUT2D eigenvalue weighted by atomic mass is 10.0. The maximum absolute atomic E-state index is 10.9. The van der Waals surface area contributed by atoms with Crippen molar-refractivity contribution in [2.45, 2.75) is 46.1 Å². The van der Waals surface area contributed by atoms with E-state index in [2.05, 4.69) is 24.1 Å². The lowest BCUT2D eigenvalue weighted by Crippen LogP contribution is -2.48. The van der Waals surface area contributed by atoms with Crippen molar-refractivity contribution in [2.24, 2.45) is 5.92 Å². The Kier molecular flexibility index (Phi) is 9.63. The van der Waals surface area contributed by atoms with Gasteiger partial charge in [-0.1, -0.05) is 20.3 Å². The molecule has 1 N–H and O–H groups in total. The van der Waals surface area contributed by atoms with Crippen LogP contribution in [0.1, 0.15) is 40.0 Å². The zero-order valence-corrected chi connectivity index (χ0v) is 13.9. The molecule has 124 valence electrons. The van der Waals surface area contributed by atoms with Crippen molar-refractivity contribution in [1.29, 1.82) is 0 Å². The minimum absolute atomic E-state index is 0.000337. The molecule has 1 saturated heterocycles. The number of nitrogens with zero attached hydrogens (tertiary/aromatic N) is 1. The average molecular weight is 300 g/mol. The predicted octanol–water partition coefficient (Wildman–Crippen LogP) is 1.67. The van der Waals surface area contributed by atoms with Gasteiger partial charge in [-0.15, -0.1) is 0 Å². The Hall–Kier alpha value is -0.650. The number of carbonyl (C=O) groups excluding carboxylic acids is 1. The number of carbonyl (C=O) groups is 1. The molecule has 1 fully saturated rings. The zero-order valence-electron chi connectivity index (χ0n) is 13.9. The molecule has 0 aromatic heterocycles. The fourth-order valence-electron chi connectivity index (χ4n) is 2.40. The first-order chi connectivity index (χ1) is 10.1. The van der Waals surface area contributed by atoms with E-state index in [-0.39, 0.29) is 12.0 Å².